The standard InChI is InChI=1S/C24H20ClF3N2O5S/c1-30(2)36(33,34)18-11-8-16(9-12-18)23(32)35-21(15-6-4-3-5-7-15)22(31)29-20-13-10-17(25)14-19(20)24(26,27)28/h3-14,21H,1-2H3,(H,29,31). The smallest absolute Gasteiger partial charge is 0.418 e. The molecule has 7 nitrogen and oxygen atoms in total. The van der Waals surface area contributed by atoms with Crippen LogP contribution in [0.3, 0.4) is 0 Å². The molecule has 0 spiro atoms. The van der Waals surface area contributed by atoms with Crippen molar-refractivity contribution in [3.8, 4) is 0 Å². The lowest BCUT2D eigenvalue weighted by atomic mass is 10.1. The predicted molar refractivity (Wildman–Crippen MR) is 127 cm³/mol. The van der Waals surface area contributed by atoms with Crippen molar-refractivity contribution in [1.82, 2.24) is 4.31 Å². The first-order valence-corrected chi connectivity index (χ1v) is 12.1. The summed E-state index contributed by atoms with van der Waals surface area (Å²) in [4.78, 5) is 25.8. The summed E-state index contributed by atoms with van der Waals surface area (Å²) in [6.07, 6.45) is -6.42. The first-order chi connectivity index (χ1) is 16.8. The third kappa shape index (κ3) is 6.23. The van der Waals surface area contributed by atoms with Crippen molar-refractivity contribution >= 4 is 39.2 Å². The van der Waals surface area contributed by atoms with Gasteiger partial charge in [-0.3, -0.25) is 4.79 Å². The second kappa shape index (κ2) is 10.7. The van der Waals surface area contributed by atoms with Crippen LogP contribution in [0.2, 0.25) is 5.02 Å². The van der Waals surface area contributed by atoms with Gasteiger partial charge in [0.05, 0.1) is 21.7 Å². The van der Waals surface area contributed by atoms with Crippen molar-refractivity contribution in [3.05, 3.63) is 94.5 Å². The molecule has 0 saturated carbocycles. The highest BCUT2D eigenvalue weighted by Crippen LogP contribution is 2.37. The summed E-state index contributed by atoms with van der Waals surface area (Å²) in [6, 6.07) is 15.4. The van der Waals surface area contributed by atoms with Crippen molar-refractivity contribution in [1.29, 1.82) is 0 Å². The van der Waals surface area contributed by atoms with Gasteiger partial charge in [0.15, 0.2) is 0 Å². The lowest BCUT2D eigenvalue weighted by molar-refractivity contribution is -0.137. The Hall–Kier alpha value is -3.41. The molecule has 1 N–H and O–H groups in total. The van der Waals surface area contributed by atoms with Gasteiger partial charge in [-0.05, 0) is 42.5 Å². The van der Waals surface area contributed by atoms with Crippen LogP contribution in [0.15, 0.2) is 77.7 Å². The van der Waals surface area contributed by atoms with Crippen LogP contribution >= 0.6 is 11.6 Å². The quantitative estimate of drug-likeness (QED) is 0.419. The van der Waals surface area contributed by atoms with Crippen LogP contribution in [0.25, 0.3) is 0 Å². The number of amides is 1. The molecule has 36 heavy (non-hydrogen) atoms. The molecule has 3 aromatic carbocycles. The minimum atomic E-state index is -4.80. The molecular weight excluding hydrogens is 521 g/mol. The summed E-state index contributed by atoms with van der Waals surface area (Å²) < 4.78 is 71.2. The number of nitrogens with one attached hydrogen (secondary N) is 1. The zero-order valence-electron chi connectivity index (χ0n) is 18.9. The number of rotatable bonds is 7. The Morgan fingerprint density at radius 2 is 1.58 bits per heavy atom. The molecule has 0 aliphatic rings. The van der Waals surface area contributed by atoms with Gasteiger partial charge in [0.2, 0.25) is 16.1 Å². The summed E-state index contributed by atoms with van der Waals surface area (Å²) in [7, 11) is -1.03. The number of benzene rings is 3. The molecular formula is C24H20ClF3N2O5S. The maximum absolute atomic E-state index is 13.5. The van der Waals surface area contributed by atoms with Crippen LogP contribution in [0.1, 0.15) is 27.6 Å². The number of esters is 1. The summed E-state index contributed by atoms with van der Waals surface area (Å²) in [6.45, 7) is 0. The second-order valence-electron chi connectivity index (χ2n) is 7.68. The number of hydrogen-bond donors (Lipinski definition) is 1. The minimum Gasteiger partial charge on any atom is -0.444 e. The van der Waals surface area contributed by atoms with Crippen molar-refractivity contribution in [3.63, 3.8) is 0 Å². The van der Waals surface area contributed by atoms with E-state index >= 15 is 0 Å². The van der Waals surface area contributed by atoms with Gasteiger partial charge >= 0.3 is 12.1 Å². The molecule has 0 bridgehead atoms. The van der Waals surface area contributed by atoms with E-state index in [0.717, 1.165) is 10.4 Å². The summed E-state index contributed by atoms with van der Waals surface area (Å²) in [5, 5.41) is 1.99. The highest BCUT2D eigenvalue weighted by Gasteiger charge is 2.35. The van der Waals surface area contributed by atoms with Crippen LogP contribution in [-0.4, -0.2) is 38.7 Å². The largest absolute Gasteiger partial charge is 0.444 e. The Labute approximate surface area is 210 Å². The summed E-state index contributed by atoms with van der Waals surface area (Å²) in [5.74, 6) is -2.02. The molecule has 0 aromatic heterocycles. The lowest BCUT2D eigenvalue weighted by Crippen LogP contribution is -2.27. The number of alkyl halides is 3. The molecule has 190 valence electrons. The molecule has 12 heteroatoms. The van der Waals surface area contributed by atoms with Gasteiger partial charge in [0.1, 0.15) is 0 Å². The van der Waals surface area contributed by atoms with Gasteiger partial charge in [0, 0.05) is 24.7 Å². The lowest BCUT2D eigenvalue weighted by Gasteiger charge is -2.20. The van der Waals surface area contributed by atoms with E-state index in [-0.39, 0.29) is 21.0 Å². The molecule has 3 aromatic rings. The van der Waals surface area contributed by atoms with E-state index in [1.165, 1.54) is 56.6 Å². The summed E-state index contributed by atoms with van der Waals surface area (Å²) in [5.41, 5.74) is -1.59. The normalized spacial score (nSPS) is 12.8. The van der Waals surface area contributed by atoms with E-state index in [4.69, 9.17) is 16.3 Å². The number of sulfonamides is 1. The molecule has 0 heterocycles. The Kier molecular flexibility index (Phi) is 8.07. The molecule has 3 rings (SSSR count). The van der Waals surface area contributed by atoms with Gasteiger partial charge in [-0.2, -0.15) is 13.2 Å². The fourth-order valence-electron chi connectivity index (χ4n) is 3.11. The molecule has 1 atom stereocenters. The van der Waals surface area contributed by atoms with E-state index < -0.39 is 45.4 Å². The van der Waals surface area contributed by atoms with E-state index in [1.807, 2.05) is 0 Å². The monoisotopic (exact) mass is 540 g/mol. The third-order valence-electron chi connectivity index (χ3n) is 4.98. The number of carbonyl (C=O) groups excluding carboxylic acids is 2. The SMILES string of the molecule is CN(C)S(=O)(=O)c1ccc(C(=O)OC(C(=O)Nc2ccc(Cl)cc2C(F)(F)F)c2ccccc2)cc1. The van der Waals surface area contributed by atoms with Crippen molar-refractivity contribution in [2.75, 3.05) is 19.4 Å². The van der Waals surface area contributed by atoms with Crippen molar-refractivity contribution < 1.29 is 35.9 Å². The van der Waals surface area contributed by atoms with E-state index in [9.17, 15) is 31.2 Å². The van der Waals surface area contributed by atoms with Gasteiger partial charge in [-0.25, -0.2) is 17.5 Å². The van der Waals surface area contributed by atoms with Crippen LogP contribution in [0.5, 0.6) is 0 Å². The van der Waals surface area contributed by atoms with Crippen LogP contribution < -0.4 is 5.32 Å². The molecule has 1 amide bonds. The van der Waals surface area contributed by atoms with E-state index in [0.29, 0.717) is 6.07 Å². The fraction of sp³-hybridized carbons (Fsp3) is 0.167. The first-order valence-electron chi connectivity index (χ1n) is 10.3. The average Bonchev–Trinajstić information content (AvgIpc) is 2.83. The number of halogens is 4. The molecule has 0 aliphatic heterocycles. The van der Waals surface area contributed by atoms with Gasteiger partial charge in [-0.15, -0.1) is 0 Å². The Balaban J connectivity index is 1.90. The minimum absolute atomic E-state index is 0.0658. The van der Waals surface area contributed by atoms with Gasteiger partial charge < -0.3 is 10.1 Å². The molecule has 1 unspecified atom stereocenters. The molecule has 0 saturated heterocycles. The number of nitrogens with zero attached hydrogens (tertiary/aromatic N) is 1. The predicted octanol–water partition coefficient (Wildman–Crippen LogP) is 5.15. The van der Waals surface area contributed by atoms with Crippen molar-refractivity contribution in [2.24, 2.45) is 0 Å². The van der Waals surface area contributed by atoms with E-state index in [2.05, 4.69) is 5.32 Å². The molecule has 0 radical (unpaired) electrons. The number of ether oxygens (including phenoxy) is 1. The van der Waals surface area contributed by atoms with Crippen LogP contribution in [0.4, 0.5) is 18.9 Å². The highest BCUT2D eigenvalue weighted by atomic mass is 35.5. The zero-order valence-corrected chi connectivity index (χ0v) is 20.5. The number of carbonyl (C=O) groups is 2. The number of hydrogen-bond acceptors (Lipinski definition) is 5. The Bertz CT molecular complexity index is 1360. The number of anilines is 1. The second-order valence-corrected chi connectivity index (χ2v) is 10.3. The van der Waals surface area contributed by atoms with E-state index in [1.54, 1.807) is 18.2 Å². The van der Waals surface area contributed by atoms with Crippen molar-refractivity contribution in [2.45, 2.75) is 17.2 Å². The summed E-state index contributed by atoms with van der Waals surface area (Å²) >= 11 is 5.69. The Morgan fingerprint density at radius 3 is 2.14 bits per heavy atom. The maximum Gasteiger partial charge on any atom is 0.418 e. The maximum atomic E-state index is 13.5. The molecule has 0 aliphatic carbocycles. The average molecular weight is 541 g/mol. The topological polar surface area (TPSA) is 92.8 Å². The van der Waals surface area contributed by atoms with Crippen LogP contribution in [0, 0.1) is 0 Å². The molecule has 0 fully saturated rings. The first kappa shape index (κ1) is 27.2. The van der Waals surface area contributed by atoms with Gasteiger partial charge in [0.25, 0.3) is 5.91 Å². The Morgan fingerprint density at radius 1 is 0.972 bits per heavy atom. The third-order valence-corrected chi connectivity index (χ3v) is 7.04. The van der Waals surface area contributed by atoms with Gasteiger partial charge in [-0.1, -0.05) is 41.9 Å². The zero-order chi connectivity index (χ0) is 26.7. The highest BCUT2D eigenvalue weighted by molar-refractivity contribution is 7.89. The fourth-order valence-corrected chi connectivity index (χ4v) is 4.18. The van der Waals surface area contributed by atoms with Crippen LogP contribution in [-0.2, 0) is 25.7 Å².